The maximum absolute atomic E-state index is 10.6. The van der Waals surface area contributed by atoms with Crippen LogP contribution in [0.25, 0.3) is 5.69 Å². The second-order valence-electron chi connectivity index (χ2n) is 3.53. The molecule has 0 amide bonds. The number of hydrogen-bond donors (Lipinski definition) is 1. The van der Waals surface area contributed by atoms with Gasteiger partial charge in [-0.2, -0.15) is 0 Å². The lowest BCUT2D eigenvalue weighted by Gasteiger charge is -2.07. The second kappa shape index (κ2) is 5.53. The molecule has 0 radical (unpaired) electrons. The number of nitrogens with zero attached hydrogens (tertiary/aromatic N) is 3. The van der Waals surface area contributed by atoms with Crippen LogP contribution in [0, 0.1) is 6.92 Å². The van der Waals surface area contributed by atoms with E-state index in [1.807, 2.05) is 35.8 Å². The molecule has 0 aliphatic rings. The normalized spacial score (nSPS) is 10.6. The average molecular weight is 328 g/mol. The fourth-order valence-corrected chi connectivity index (χ4v) is 2.58. The van der Waals surface area contributed by atoms with E-state index in [0.29, 0.717) is 5.16 Å². The molecule has 5 nitrogen and oxygen atoms in total. The van der Waals surface area contributed by atoms with Crippen LogP contribution in [0.3, 0.4) is 0 Å². The number of aromatic nitrogens is 3. The van der Waals surface area contributed by atoms with Gasteiger partial charge in [-0.25, -0.2) is 0 Å². The molecule has 1 heterocycles. The van der Waals surface area contributed by atoms with Crippen molar-refractivity contribution in [2.45, 2.75) is 12.1 Å². The number of carboxylic acid groups (broad SMARTS) is 1. The SMILES string of the molecule is Cc1nnc(SCC(=O)O)n1-c1cccc(Br)c1. The molecule has 0 saturated carbocycles. The third-order valence-corrected chi connectivity index (χ3v) is 3.59. The predicted octanol–water partition coefficient (Wildman–Crippen LogP) is 2.51. The summed E-state index contributed by atoms with van der Waals surface area (Å²) in [5, 5.41) is 17.3. The summed E-state index contributed by atoms with van der Waals surface area (Å²) in [7, 11) is 0. The minimum absolute atomic E-state index is 0.0356. The zero-order valence-electron chi connectivity index (χ0n) is 9.50. The molecule has 94 valence electrons. The zero-order valence-corrected chi connectivity index (χ0v) is 11.9. The monoisotopic (exact) mass is 327 g/mol. The van der Waals surface area contributed by atoms with E-state index in [4.69, 9.17) is 5.11 Å². The molecule has 0 saturated heterocycles. The summed E-state index contributed by atoms with van der Waals surface area (Å²) in [5.74, 6) is -0.186. The molecule has 0 unspecified atom stereocenters. The zero-order chi connectivity index (χ0) is 13.1. The van der Waals surface area contributed by atoms with Crippen molar-refractivity contribution in [1.82, 2.24) is 14.8 Å². The highest BCUT2D eigenvalue weighted by Gasteiger charge is 2.12. The Hall–Kier alpha value is -1.34. The Labute approximate surface area is 116 Å². The number of aliphatic carboxylic acids is 1. The highest BCUT2D eigenvalue weighted by atomic mass is 79.9. The number of benzene rings is 1. The van der Waals surface area contributed by atoms with E-state index in [-0.39, 0.29) is 5.75 Å². The fourth-order valence-electron chi connectivity index (χ4n) is 1.48. The van der Waals surface area contributed by atoms with E-state index >= 15 is 0 Å². The highest BCUT2D eigenvalue weighted by Crippen LogP contribution is 2.23. The summed E-state index contributed by atoms with van der Waals surface area (Å²) in [5.41, 5.74) is 0.903. The van der Waals surface area contributed by atoms with Crippen molar-refractivity contribution < 1.29 is 9.90 Å². The van der Waals surface area contributed by atoms with Gasteiger partial charge in [0, 0.05) is 4.47 Å². The van der Waals surface area contributed by atoms with Gasteiger partial charge < -0.3 is 5.11 Å². The van der Waals surface area contributed by atoms with Crippen LogP contribution < -0.4 is 0 Å². The second-order valence-corrected chi connectivity index (χ2v) is 5.39. The molecule has 2 rings (SSSR count). The van der Waals surface area contributed by atoms with Crippen LogP contribution in [-0.4, -0.2) is 31.6 Å². The van der Waals surface area contributed by atoms with Crippen LogP contribution in [0.2, 0.25) is 0 Å². The summed E-state index contributed by atoms with van der Waals surface area (Å²) in [4.78, 5) is 10.6. The van der Waals surface area contributed by atoms with E-state index in [0.717, 1.165) is 27.7 Å². The quantitative estimate of drug-likeness (QED) is 0.874. The summed E-state index contributed by atoms with van der Waals surface area (Å²) in [6, 6.07) is 7.69. The number of carboxylic acids is 1. The van der Waals surface area contributed by atoms with Crippen molar-refractivity contribution in [2.24, 2.45) is 0 Å². The molecule has 7 heteroatoms. The Bertz CT molecular complexity index is 585. The molecule has 0 atom stereocenters. The lowest BCUT2D eigenvalue weighted by molar-refractivity contribution is -0.133. The van der Waals surface area contributed by atoms with E-state index in [2.05, 4.69) is 26.1 Å². The standard InChI is InChI=1S/C11H10BrN3O2S/c1-7-13-14-11(18-6-10(16)17)15(7)9-4-2-3-8(12)5-9/h2-5H,6H2,1H3,(H,16,17). The molecule has 18 heavy (non-hydrogen) atoms. The molecule has 1 aromatic carbocycles. The predicted molar refractivity (Wildman–Crippen MR) is 72.2 cm³/mol. The molecular weight excluding hydrogens is 318 g/mol. The van der Waals surface area contributed by atoms with Gasteiger partial charge in [-0.1, -0.05) is 33.8 Å². The first kappa shape index (κ1) is 13.1. The Balaban J connectivity index is 2.37. The van der Waals surface area contributed by atoms with Crippen molar-refractivity contribution in [2.75, 3.05) is 5.75 Å². The van der Waals surface area contributed by atoms with Gasteiger partial charge in [0.05, 0.1) is 11.4 Å². The minimum Gasteiger partial charge on any atom is -0.481 e. The third kappa shape index (κ3) is 2.91. The van der Waals surface area contributed by atoms with E-state index in [1.165, 1.54) is 0 Å². The molecule has 0 aliphatic carbocycles. The maximum atomic E-state index is 10.6. The summed E-state index contributed by atoms with van der Waals surface area (Å²) >= 11 is 4.56. The Morgan fingerprint density at radius 1 is 1.50 bits per heavy atom. The molecule has 0 bridgehead atoms. The van der Waals surface area contributed by atoms with Gasteiger partial charge in [-0.05, 0) is 25.1 Å². The first-order valence-electron chi connectivity index (χ1n) is 5.10. The Kier molecular flexibility index (Phi) is 4.03. The third-order valence-electron chi connectivity index (χ3n) is 2.19. The van der Waals surface area contributed by atoms with Crippen molar-refractivity contribution in [3.8, 4) is 5.69 Å². The van der Waals surface area contributed by atoms with Gasteiger partial charge in [-0.15, -0.1) is 10.2 Å². The number of rotatable bonds is 4. The molecule has 1 aromatic heterocycles. The number of aryl methyl sites for hydroxylation is 1. The van der Waals surface area contributed by atoms with Crippen LogP contribution in [0.4, 0.5) is 0 Å². The van der Waals surface area contributed by atoms with Crippen LogP contribution >= 0.6 is 27.7 Å². The van der Waals surface area contributed by atoms with Crippen molar-refractivity contribution in [3.63, 3.8) is 0 Å². The number of carbonyl (C=O) groups is 1. The fraction of sp³-hybridized carbons (Fsp3) is 0.182. The Morgan fingerprint density at radius 2 is 2.28 bits per heavy atom. The largest absolute Gasteiger partial charge is 0.481 e. The minimum atomic E-state index is -0.874. The lowest BCUT2D eigenvalue weighted by Crippen LogP contribution is -2.03. The molecule has 0 aliphatic heterocycles. The first-order chi connectivity index (χ1) is 8.58. The van der Waals surface area contributed by atoms with Gasteiger partial charge in [-0.3, -0.25) is 9.36 Å². The van der Waals surface area contributed by atoms with Crippen molar-refractivity contribution in [3.05, 3.63) is 34.6 Å². The van der Waals surface area contributed by atoms with E-state index in [1.54, 1.807) is 0 Å². The van der Waals surface area contributed by atoms with Crippen LogP contribution in [0.1, 0.15) is 5.82 Å². The smallest absolute Gasteiger partial charge is 0.313 e. The molecule has 0 fully saturated rings. The number of thioether (sulfide) groups is 1. The summed E-state index contributed by atoms with van der Waals surface area (Å²) < 4.78 is 2.78. The number of hydrogen-bond acceptors (Lipinski definition) is 4. The van der Waals surface area contributed by atoms with E-state index < -0.39 is 5.97 Å². The van der Waals surface area contributed by atoms with E-state index in [9.17, 15) is 4.79 Å². The van der Waals surface area contributed by atoms with Crippen molar-refractivity contribution >= 4 is 33.7 Å². The topological polar surface area (TPSA) is 68.0 Å². The number of halogens is 1. The summed E-state index contributed by atoms with van der Waals surface area (Å²) in [6.07, 6.45) is 0. The van der Waals surface area contributed by atoms with Crippen LogP contribution in [0.15, 0.2) is 33.9 Å². The van der Waals surface area contributed by atoms with Gasteiger partial charge in [0.25, 0.3) is 0 Å². The van der Waals surface area contributed by atoms with Gasteiger partial charge in [0.2, 0.25) is 0 Å². The molecule has 0 spiro atoms. The van der Waals surface area contributed by atoms with Gasteiger partial charge in [0.1, 0.15) is 5.82 Å². The van der Waals surface area contributed by atoms with Crippen LogP contribution in [-0.2, 0) is 4.79 Å². The van der Waals surface area contributed by atoms with Crippen LogP contribution in [0.5, 0.6) is 0 Å². The molecule has 1 N–H and O–H groups in total. The average Bonchev–Trinajstić information content (AvgIpc) is 2.68. The first-order valence-corrected chi connectivity index (χ1v) is 6.88. The lowest BCUT2D eigenvalue weighted by atomic mass is 10.3. The summed E-state index contributed by atoms with van der Waals surface area (Å²) in [6.45, 7) is 1.83. The highest BCUT2D eigenvalue weighted by molar-refractivity contribution is 9.10. The Morgan fingerprint density at radius 3 is 2.94 bits per heavy atom. The van der Waals surface area contributed by atoms with Crippen molar-refractivity contribution in [1.29, 1.82) is 0 Å². The van der Waals surface area contributed by atoms with Gasteiger partial charge in [0.15, 0.2) is 5.16 Å². The maximum Gasteiger partial charge on any atom is 0.313 e. The van der Waals surface area contributed by atoms with Gasteiger partial charge >= 0.3 is 5.97 Å². The molecule has 2 aromatic rings. The molecular formula is C11H10BrN3O2S.